The van der Waals surface area contributed by atoms with Crippen LogP contribution in [0.3, 0.4) is 0 Å². The zero-order valence-corrected chi connectivity index (χ0v) is 21.4. The topological polar surface area (TPSA) is 103 Å². The van der Waals surface area contributed by atoms with Gasteiger partial charge in [0.1, 0.15) is 26.4 Å². The molecule has 2 aromatic rings. The summed E-state index contributed by atoms with van der Waals surface area (Å²) in [6.45, 7) is 0.537. The van der Waals surface area contributed by atoms with Crippen LogP contribution in [0.25, 0.3) is 6.08 Å². The highest BCUT2D eigenvalue weighted by Gasteiger charge is 2.36. The van der Waals surface area contributed by atoms with E-state index in [0.29, 0.717) is 47.5 Å². The minimum Gasteiger partial charge on any atom is -0.493 e. The van der Waals surface area contributed by atoms with Crippen molar-refractivity contribution in [1.29, 1.82) is 0 Å². The van der Waals surface area contributed by atoms with Crippen molar-refractivity contribution >= 4 is 63.2 Å². The van der Waals surface area contributed by atoms with Gasteiger partial charge in [0.2, 0.25) is 5.91 Å². The predicted molar refractivity (Wildman–Crippen MR) is 139 cm³/mol. The van der Waals surface area contributed by atoms with E-state index >= 15 is 0 Å². The van der Waals surface area contributed by atoms with E-state index in [0.717, 1.165) is 20.2 Å². The maximum atomic E-state index is 12.9. The highest BCUT2D eigenvalue weighted by atomic mass is 127. The van der Waals surface area contributed by atoms with Gasteiger partial charge in [0, 0.05) is 11.8 Å². The van der Waals surface area contributed by atoms with Gasteiger partial charge in [-0.15, -0.1) is 6.42 Å². The first kappa shape index (κ1) is 24.7. The number of thioether (sulfide) groups is 1. The molecule has 2 aromatic carbocycles. The molecule has 1 N–H and O–H groups in total. The molecule has 0 bridgehead atoms. The fourth-order valence-electron chi connectivity index (χ4n) is 3.33. The number of benzene rings is 2. The van der Waals surface area contributed by atoms with Gasteiger partial charge in [-0.05, 0) is 70.3 Å². The van der Waals surface area contributed by atoms with Crippen LogP contribution in [0.2, 0.25) is 0 Å². The molecule has 3 amide bonds. The normalized spacial score (nSPS) is 15.7. The largest absolute Gasteiger partial charge is 0.493 e. The van der Waals surface area contributed by atoms with Crippen molar-refractivity contribution in [3.63, 3.8) is 0 Å². The van der Waals surface area contributed by atoms with Gasteiger partial charge in [-0.1, -0.05) is 5.92 Å². The Bertz CT molecular complexity index is 1270. The third-order valence-electron chi connectivity index (χ3n) is 4.85. The van der Waals surface area contributed by atoms with Gasteiger partial charge >= 0.3 is 0 Å². The number of carbonyl (C=O) groups is 3. The third kappa shape index (κ3) is 5.66. The molecule has 0 unspecified atom stereocenters. The lowest BCUT2D eigenvalue weighted by Crippen LogP contribution is -2.36. The molecule has 11 heteroatoms. The molecule has 35 heavy (non-hydrogen) atoms. The fraction of sp³-hybridized carbons (Fsp3) is 0.208. The molecule has 1 saturated heterocycles. The number of carbonyl (C=O) groups excluding carboxylic acids is 3. The van der Waals surface area contributed by atoms with Crippen molar-refractivity contribution < 1.29 is 33.3 Å². The van der Waals surface area contributed by atoms with Crippen LogP contribution in [0.15, 0.2) is 35.2 Å². The number of methoxy groups -OCH3 is 1. The van der Waals surface area contributed by atoms with E-state index < -0.39 is 23.6 Å². The summed E-state index contributed by atoms with van der Waals surface area (Å²) in [6.07, 6.45) is 6.83. The first-order chi connectivity index (χ1) is 16.9. The van der Waals surface area contributed by atoms with Crippen molar-refractivity contribution in [2.24, 2.45) is 0 Å². The monoisotopic (exact) mass is 606 g/mol. The number of halogens is 1. The fourth-order valence-corrected chi connectivity index (χ4v) is 4.95. The number of fused-ring (bicyclic) bond motifs is 1. The Labute approximate surface area is 219 Å². The summed E-state index contributed by atoms with van der Waals surface area (Å²) >= 11 is 2.83. The van der Waals surface area contributed by atoms with Crippen LogP contribution >= 0.6 is 34.4 Å². The van der Waals surface area contributed by atoms with E-state index in [2.05, 4.69) is 33.8 Å². The van der Waals surface area contributed by atoms with E-state index in [1.807, 2.05) is 0 Å². The highest BCUT2D eigenvalue weighted by Crippen LogP contribution is 2.37. The molecule has 0 radical (unpaired) electrons. The van der Waals surface area contributed by atoms with E-state index in [1.165, 1.54) is 7.11 Å². The number of ether oxygens (including phenoxy) is 4. The second-order valence-electron chi connectivity index (χ2n) is 7.20. The lowest BCUT2D eigenvalue weighted by molar-refractivity contribution is -0.127. The number of anilines is 1. The molecule has 0 saturated carbocycles. The number of rotatable bonds is 7. The van der Waals surface area contributed by atoms with Gasteiger partial charge < -0.3 is 24.3 Å². The summed E-state index contributed by atoms with van der Waals surface area (Å²) in [4.78, 5) is 39.0. The van der Waals surface area contributed by atoms with Crippen LogP contribution in [0, 0.1) is 15.9 Å². The highest BCUT2D eigenvalue weighted by molar-refractivity contribution is 14.1. The summed E-state index contributed by atoms with van der Waals surface area (Å²) in [6, 6.07) is 8.43. The molecule has 0 atom stereocenters. The van der Waals surface area contributed by atoms with E-state index in [9.17, 15) is 14.4 Å². The quantitative estimate of drug-likeness (QED) is 0.289. The molecular formula is C24H19IN2O7S. The number of hydrogen-bond acceptors (Lipinski definition) is 8. The first-order valence-electron chi connectivity index (χ1n) is 10.3. The van der Waals surface area contributed by atoms with Gasteiger partial charge in [0.15, 0.2) is 23.0 Å². The Morgan fingerprint density at radius 2 is 2.03 bits per heavy atom. The van der Waals surface area contributed by atoms with Crippen LogP contribution in [0.4, 0.5) is 10.5 Å². The Morgan fingerprint density at radius 3 is 2.77 bits per heavy atom. The molecular weight excluding hydrogens is 587 g/mol. The molecule has 2 aliphatic rings. The summed E-state index contributed by atoms with van der Waals surface area (Å²) in [5.41, 5.74) is 1.10. The van der Waals surface area contributed by atoms with Crippen LogP contribution < -0.4 is 24.3 Å². The van der Waals surface area contributed by atoms with Gasteiger partial charge in [-0.25, -0.2) is 0 Å². The lowest BCUT2D eigenvalue weighted by Gasteiger charge is -2.19. The zero-order chi connectivity index (χ0) is 24.9. The number of nitrogens with zero attached hydrogens (tertiary/aromatic N) is 1. The smallest absolute Gasteiger partial charge is 0.294 e. The van der Waals surface area contributed by atoms with E-state index in [4.69, 9.17) is 25.4 Å². The second-order valence-corrected chi connectivity index (χ2v) is 9.36. The number of imide groups is 1. The number of amides is 3. The predicted octanol–water partition coefficient (Wildman–Crippen LogP) is 3.76. The van der Waals surface area contributed by atoms with Crippen LogP contribution in [-0.2, 0) is 9.59 Å². The molecule has 2 heterocycles. The molecule has 0 spiro atoms. The van der Waals surface area contributed by atoms with Crippen molar-refractivity contribution in [2.75, 3.05) is 38.8 Å². The van der Waals surface area contributed by atoms with Crippen molar-refractivity contribution in [2.45, 2.75) is 0 Å². The molecule has 9 nitrogen and oxygen atoms in total. The van der Waals surface area contributed by atoms with Gasteiger partial charge in [-0.2, -0.15) is 0 Å². The van der Waals surface area contributed by atoms with Crippen molar-refractivity contribution in [1.82, 2.24) is 4.90 Å². The summed E-state index contributed by atoms with van der Waals surface area (Å²) < 4.78 is 22.6. The number of nitrogens with one attached hydrogen (secondary N) is 1. The van der Waals surface area contributed by atoms with Crippen molar-refractivity contribution in [3.8, 4) is 35.3 Å². The standard InChI is InChI=1S/C24H19IN2O7S/c1-3-6-34-22-16(25)9-14(10-19(22)31-2)11-20-23(29)27(24(30)35-20)13-21(28)26-15-4-5-17-18(12-15)33-8-7-32-17/h1,4-5,9-12H,6-8,13H2,2H3,(H,26,28)/b20-11+. The Morgan fingerprint density at radius 1 is 1.26 bits per heavy atom. The maximum Gasteiger partial charge on any atom is 0.294 e. The second kappa shape index (κ2) is 10.9. The molecule has 0 aliphatic carbocycles. The minimum atomic E-state index is -0.557. The van der Waals surface area contributed by atoms with Gasteiger partial charge in [0.25, 0.3) is 11.1 Å². The van der Waals surface area contributed by atoms with Gasteiger partial charge in [-0.3, -0.25) is 19.3 Å². The number of hydrogen-bond donors (Lipinski definition) is 1. The molecule has 0 aromatic heterocycles. The number of terminal acetylenes is 1. The molecule has 4 rings (SSSR count). The third-order valence-corrected chi connectivity index (χ3v) is 6.56. The van der Waals surface area contributed by atoms with Crippen LogP contribution in [-0.4, -0.2) is 55.4 Å². The average molecular weight is 606 g/mol. The van der Waals surface area contributed by atoms with Crippen LogP contribution in [0.5, 0.6) is 23.0 Å². The Balaban J connectivity index is 1.46. The Hall–Kier alpha value is -3.37. The molecule has 180 valence electrons. The summed E-state index contributed by atoms with van der Waals surface area (Å²) in [5, 5.41) is 2.14. The van der Waals surface area contributed by atoms with Crippen molar-refractivity contribution in [3.05, 3.63) is 44.4 Å². The molecule has 1 fully saturated rings. The average Bonchev–Trinajstić information content (AvgIpc) is 3.10. The zero-order valence-electron chi connectivity index (χ0n) is 18.5. The van der Waals surface area contributed by atoms with E-state index in [-0.39, 0.29) is 11.5 Å². The SMILES string of the molecule is C#CCOc1c(I)cc(/C=C2/SC(=O)N(CC(=O)Nc3ccc4c(c3)OCCO4)C2=O)cc1OC. The Kier molecular flexibility index (Phi) is 7.72. The molecule has 2 aliphatic heterocycles. The van der Waals surface area contributed by atoms with Crippen LogP contribution in [0.1, 0.15) is 5.56 Å². The first-order valence-corrected chi connectivity index (χ1v) is 12.2. The minimum absolute atomic E-state index is 0.0823. The lowest BCUT2D eigenvalue weighted by atomic mass is 10.2. The summed E-state index contributed by atoms with van der Waals surface area (Å²) in [7, 11) is 1.49. The van der Waals surface area contributed by atoms with E-state index in [1.54, 1.807) is 36.4 Å². The maximum absolute atomic E-state index is 12.9. The summed E-state index contributed by atoms with van der Waals surface area (Å²) in [5.74, 6) is 3.37. The van der Waals surface area contributed by atoms with Gasteiger partial charge in [0.05, 0.1) is 15.6 Å².